The first-order valence-electron chi connectivity index (χ1n) is 11.6. The third kappa shape index (κ3) is 6.09. The van der Waals surface area contributed by atoms with Gasteiger partial charge < -0.3 is 9.47 Å². The Hall–Kier alpha value is -1.32. The second-order valence-corrected chi connectivity index (χ2v) is 9.40. The summed E-state index contributed by atoms with van der Waals surface area (Å²) in [5.74, 6) is 2.22. The van der Waals surface area contributed by atoms with Gasteiger partial charge in [-0.2, -0.15) is 0 Å². The normalized spacial score (nSPS) is 36.8. The van der Waals surface area contributed by atoms with E-state index in [4.69, 9.17) is 9.47 Å². The minimum atomic E-state index is -0.211. The van der Waals surface area contributed by atoms with Crippen molar-refractivity contribution in [2.24, 2.45) is 23.7 Å². The lowest BCUT2D eigenvalue weighted by atomic mass is 9.70. The molecule has 0 radical (unpaired) electrons. The number of hydrogen-bond donors (Lipinski definition) is 0. The number of hydrogen-bond acceptors (Lipinski definition) is 4. The van der Waals surface area contributed by atoms with Crippen LogP contribution in [-0.4, -0.2) is 24.1 Å². The molecule has 158 valence electrons. The lowest BCUT2D eigenvalue weighted by Crippen LogP contribution is -2.33. The molecule has 3 fully saturated rings. The van der Waals surface area contributed by atoms with E-state index >= 15 is 0 Å². The van der Waals surface area contributed by atoms with Gasteiger partial charge in [0.25, 0.3) is 0 Å². The van der Waals surface area contributed by atoms with Crippen LogP contribution in [0.2, 0.25) is 0 Å². The van der Waals surface area contributed by atoms with Crippen molar-refractivity contribution < 1.29 is 19.1 Å². The molecule has 3 rings (SSSR count). The van der Waals surface area contributed by atoms with Crippen molar-refractivity contribution in [1.82, 2.24) is 0 Å². The van der Waals surface area contributed by atoms with Crippen molar-refractivity contribution in [1.29, 1.82) is 0 Å². The Labute approximate surface area is 170 Å². The van der Waals surface area contributed by atoms with Crippen molar-refractivity contribution in [2.75, 3.05) is 0 Å². The summed E-state index contributed by atoms with van der Waals surface area (Å²) in [5, 5.41) is 0. The molecule has 4 nitrogen and oxygen atoms in total. The largest absolute Gasteiger partial charge is 0.462 e. The average Bonchev–Trinajstić information content (AvgIpc) is 2.70. The van der Waals surface area contributed by atoms with E-state index in [1.807, 2.05) is 6.92 Å². The molecule has 0 aromatic heterocycles. The van der Waals surface area contributed by atoms with Gasteiger partial charge in [0.15, 0.2) is 0 Å². The van der Waals surface area contributed by atoms with E-state index in [2.05, 4.69) is 6.92 Å². The van der Waals surface area contributed by atoms with E-state index in [-0.39, 0.29) is 30.1 Å². The standard InChI is InChI=1S/C24H38O4/c1-3-4-23(25)27-21-15-11-19(12-16-21)18-7-9-20(10-8-18)24(26)28-22-13-5-17(2)6-14-22/h3-4,17-22H,5-16H2,1-2H3. The molecule has 3 aliphatic carbocycles. The van der Waals surface area contributed by atoms with Gasteiger partial charge in [-0.15, -0.1) is 0 Å². The maximum atomic E-state index is 12.6. The summed E-state index contributed by atoms with van der Waals surface area (Å²) >= 11 is 0. The van der Waals surface area contributed by atoms with Gasteiger partial charge in [-0.25, -0.2) is 4.79 Å². The van der Waals surface area contributed by atoms with Crippen LogP contribution in [-0.2, 0) is 19.1 Å². The average molecular weight is 391 g/mol. The molecule has 0 N–H and O–H groups in total. The molecule has 0 heterocycles. The van der Waals surface area contributed by atoms with E-state index < -0.39 is 0 Å². The molecular weight excluding hydrogens is 352 g/mol. The Balaban J connectivity index is 1.35. The number of esters is 2. The second kappa shape index (κ2) is 10.5. The smallest absolute Gasteiger partial charge is 0.330 e. The molecule has 28 heavy (non-hydrogen) atoms. The summed E-state index contributed by atoms with van der Waals surface area (Å²) in [7, 11) is 0. The van der Waals surface area contributed by atoms with Crippen LogP contribution < -0.4 is 0 Å². The van der Waals surface area contributed by atoms with Crippen molar-refractivity contribution in [3.8, 4) is 0 Å². The zero-order chi connectivity index (χ0) is 19.9. The third-order valence-corrected chi connectivity index (χ3v) is 7.32. The summed E-state index contributed by atoms with van der Waals surface area (Å²) < 4.78 is 11.3. The van der Waals surface area contributed by atoms with Gasteiger partial charge in [0, 0.05) is 6.08 Å². The van der Waals surface area contributed by atoms with E-state index in [1.54, 1.807) is 6.08 Å². The van der Waals surface area contributed by atoms with E-state index in [1.165, 1.54) is 18.9 Å². The van der Waals surface area contributed by atoms with Crippen LogP contribution >= 0.6 is 0 Å². The highest BCUT2D eigenvalue weighted by Gasteiger charge is 2.35. The molecule has 0 aromatic rings. The number of carbonyl (C=O) groups excluding carboxylic acids is 2. The fourth-order valence-electron chi connectivity index (χ4n) is 5.45. The molecule has 0 aliphatic heterocycles. The molecule has 4 heteroatoms. The van der Waals surface area contributed by atoms with E-state index in [0.717, 1.165) is 82.0 Å². The molecular formula is C24H38O4. The van der Waals surface area contributed by atoms with Gasteiger partial charge in [-0.1, -0.05) is 13.0 Å². The van der Waals surface area contributed by atoms with Gasteiger partial charge in [0.05, 0.1) is 5.92 Å². The zero-order valence-corrected chi connectivity index (χ0v) is 17.7. The fourth-order valence-corrected chi connectivity index (χ4v) is 5.45. The molecule has 3 aliphatic rings. The Morgan fingerprint density at radius 3 is 1.79 bits per heavy atom. The van der Waals surface area contributed by atoms with Crippen LogP contribution in [0.1, 0.15) is 90.9 Å². The molecule has 0 spiro atoms. The maximum absolute atomic E-state index is 12.6. The van der Waals surface area contributed by atoms with Crippen LogP contribution in [0.4, 0.5) is 0 Å². The Morgan fingerprint density at radius 2 is 1.21 bits per heavy atom. The predicted molar refractivity (Wildman–Crippen MR) is 110 cm³/mol. The molecule has 0 amide bonds. The highest BCUT2D eigenvalue weighted by atomic mass is 16.5. The summed E-state index contributed by atoms with van der Waals surface area (Å²) in [6.45, 7) is 4.12. The first-order chi connectivity index (χ1) is 13.5. The minimum absolute atomic E-state index is 0.0672. The highest BCUT2D eigenvalue weighted by Crippen LogP contribution is 2.41. The number of carbonyl (C=O) groups is 2. The topological polar surface area (TPSA) is 52.6 Å². The Bertz CT molecular complexity index is 531. The first kappa shape index (κ1) is 21.4. The summed E-state index contributed by atoms with van der Waals surface area (Å²) in [6.07, 6.45) is 16.5. The quantitative estimate of drug-likeness (QED) is 0.453. The van der Waals surface area contributed by atoms with E-state index in [9.17, 15) is 9.59 Å². The van der Waals surface area contributed by atoms with Gasteiger partial charge in [0.1, 0.15) is 12.2 Å². The van der Waals surface area contributed by atoms with Crippen LogP contribution in [0.5, 0.6) is 0 Å². The van der Waals surface area contributed by atoms with Crippen LogP contribution in [0.15, 0.2) is 12.2 Å². The van der Waals surface area contributed by atoms with Gasteiger partial charge in [0.2, 0.25) is 0 Å². The fraction of sp³-hybridized carbons (Fsp3) is 0.833. The summed E-state index contributed by atoms with van der Waals surface area (Å²) in [4.78, 5) is 24.2. The number of allylic oxidation sites excluding steroid dienone is 1. The number of rotatable bonds is 5. The van der Waals surface area contributed by atoms with Gasteiger partial charge >= 0.3 is 11.9 Å². The van der Waals surface area contributed by atoms with Gasteiger partial charge in [-0.05, 0) is 102 Å². The summed E-state index contributed by atoms with van der Waals surface area (Å²) in [6, 6.07) is 0. The Morgan fingerprint density at radius 1 is 0.714 bits per heavy atom. The molecule has 0 unspecified atom stereocenters. The summed E-state index contributed by atoms with van der Waals surface area (Å²) in [5.41, 5.74) is 0. The maximum Gasteiger partial charge on any atom is 0.330 e. The van der Waals surface area contributed by atoms with Crippen molar-refractivity contribution in [3.05, 3.63) is 12.2 Å². The van der Waals surface area contributed by atoms with Crippen LogP contribution in [0.3, 0.4) is 0 Å². The van der Waals surface area contributed by atoms with E-state index in [0.29, 0.717) is 0 Å². The lowest BCUT2D eigenvalue weighted by Gasteiger charge is -2.37. The van der Waals surface area contributed by atoms with Crippen molar-refractivity contribution in [3.63, 3.8) is 0 Å². The third-order valence-electron chi connectivity index (χ3n) is 7.32. The minimum Gasteiger partial charge on any atom is -0.462 e. The number of ether oxygens (including phenoxy) is 2. The zero-order valence-electron chi connectivity index (χ0n) is 17.7. The van der Waals surface area contributed by atoms with Gasteiger partial charge in [-0.3, -0.25) is 4.79 Å². The molecule has 3 saturated carbocycles. The monoisotopic (exact) mass is 390 g/mol. The van der Waals surface area contributed by atoms with Crippen molar-refractivity contribution >= 4 is 11.9 Å². The second-order valence-electron chi connectivity index (χ2n) is 9.40. The molecule has 0 bridgehead atoms. The molecule has 0 atom stereocenters. The lowest BCUT2D eigenvalue weighted by molar-refractivity contribution is -0.157. The SMILES string of the molecule is CC=CC(=O)OC1CCC(C2CCC(C(=O)OC3CCC(C)CC3)CC2)CC1. The molecule has 0 aromatic carbocycles. The van der Waals surface area contributed by atoms with Crippen LogP contribution in [0, 0.1) is 23.7 Å². The Kier molecular flexibility index (Phi) is 7.99. The highest BCUT2D eigenvalue weighted by molar-refractivity contribution is 5.81. The predicted octanol–water partition coefficient (Wildman–Crippen LogP) is 5.59. The molecule has 0 saturated heterocycles. The first-order valence-corrected chi connectivity index (χ1v) is 11.6. The van der Waals surface area contributed by atoms with Crippen LogP contribution in [0.25, 0.3) is 0 Å². The van der Waals surface area contributed by atoms with Crippen molar-refractivity contribution in [2.45, 2.75) is 103 Å².